The average molecular weight is 714 g/mol. The number of hydrogen-bond acceptors (Lipinski definition) is 3. The second kappa shape index (κ2) is 13.7. The van der Waals surface area contributed by atoms with Crippen molar-refractivity contribution in [2.75, 3.05) is 0 Å². The summed E-state index contributed by atoms with van der Waals surface area (Å²) in [5, 5.41) is 8.34. The Morgan fingerprint density at radius 1 is 0.375 bits per heavy atom. The van der Waals surface area contributed by atoms with E-state index in [1.807, 2.05) is 36.5 Å². The smallest absolute Gasteiger partial charge is 0.160 e. The van der Waals surface area contributed by atoms with Gasteiger partial charge in [-0.2, -0.15) is 0 Å². The van der Waals surface area contributed by atoms with E-state index in [0.29, 0.717) is 5.82 Å². The quantitative estimate of drug-likeness (QED) is 0.154. The summed E-state index contributed by atoms with van der Waals surface area (Å²) in [4.78, 5) is 15.2. The Kier molecular flexibility index (Phi) is 8.12. The third-order valence-corrected chi connectivity index (χ3v) is 10.9. The average Bonchev–Trinajstić information content (AvgIpc) is 3.27. The minimum absolute atomic E-state index is 0.647. The van der Waals surface area contributed by atoms with E-state index >= 15 is 0 Å². The Labute approximate surface area is 325 Å². The minimum Gasteiger partial charge on any atom is -0.256 e. The van der Waals surface area contributed by atoms with Crippen LogP contribution in [0.25, 0.3) is 112 Å². The molecule has 0 bridgehead atoms. The number of hydrogen-bond donors (Lipinski definition) is 0. The molecule has 56 heavy (non-hydrogen) atoms. The molecule has 0 aliphatic heterocycles. The van der Waals surface area contributed by atoms with Crippen LogP contribution in [0, 0.1) is 0 Å². The van der Waals surface area contributed by atoms with Gasteiger partial charge in [0, 0.05) is 33.8 Å². The van der Waals surface area contributed by atoms with Gasteiger partial charge in [-0.15, -0.1) is 0 Å². The molecular formula is C53H35N3. The highest BCUT2D eigenvalue weighted by Gasteiger charge is 2.17. The molecule has 0 spiro atoms. The Hall–Kier alpha value is -7.49. The minimum atomic E-state index is 0.647. The van der Waals surface area contributed by atoms with Crippen LogP contribution >= 0.6 is 0 Å². The van der Waals surface area contributed by atoms with Crippen molar-refractivity contribution in [3.63, 3.8) is 0 Å². The molecule has 10 aromatic rings. The topological polar surface area (TPSA) is 38.7 Å². The first kappa shape index (κ1) is 33.1. The van der Waals surface area contributed by atoms with Gasteiger partial charge in [0.2, 0.25) is 0 Å². The predicted molar refractivity (Wildman–Crippen MR) is 237 cm³/mol. The molecule has 2 aromatic heterocycles. The molecule has 10 rings (SSSR count). The third kappa shape index (κ3) is 5.74. The van der Waals surface area contributed by atoms with E-state index in [9.17, 15) is 0 Å². The standard InChI is InChI=1S/C53H35N3/c1-3-42-43(4-2)49(31-39-14-5-8-16-44(39)42)52-32-51(55-53(56-52)37-27-21-34(22-28-37)41-29-40-15-7-12-20-50(40)54-33-41)36-25-23-35(24-26-36)48-30-38-13-6-9-17-45(38)46-18-10-11-19-47(46)48/h3-33H,1-2H2. The van der Waals surface area contributed by atoms with Crippen molar-refractivity contribution in [3.8, 4) is 56.2 Å². The summed E-state index contributed by atoms with van der Waals surface area (Å²) in [6, 6.07) is 59.9. The van der Waals surface area contributed by atoms with Crippen LogP contribution in [-0.4, -0.2) is 15.0 Å². The zero-order chi connectivity index (χ0) is 37.6. The van der Waals surface area contributed by atoms with Gasteiger partial charge in [-0.05, 0) is 90.5 Å². The summed E-state index contributed by atoms with van der Waals surface area (Å²) in [5.74, 6) is 0.647. The molecule has 3 nitrogen and oxygen atoms in total. The highest BCUT2D eigenvalue weighted by Crippen LogP contribution is 2.38. The van der Waals surface area contributed by atoms with Gasteiger partial charge in [0.1, 0.15) is 0 Å². The van der Waals surface area contributed by atoms with E-state index in [4.69, 9.17) is 15.0 Å². The predicted octanol–water partition coefficient (Wildman–Crippen LogP) is 14.1. The summed E-state index contributed by atoms with van der Waals surface area (Å²) in [5.41, 5.74) is 12.1. The molecule has 262 valence electrons. The Balaban J connectivity index is 1.11. The van der Waals surface area contributed by atoms with E-state index in [0.717, 1.165) is 77.6 Å². The fourth-order valence-corrected chi connectivity index (χ4v) is 8.06. The molecular weight excluding hydrogens is 679 g/mol. The van der Waals surface area contributed by atoms with Crippen molar-refractivity contribution in [1.82, 2.24) is 15.0 Å². The molecule has 0 N–H and O–H groups in total. The lowest BCUT2D eigenvalue weighted by atomic mass is 9.91. The zero-order valence-corrected chi connectivity index (χ0v) is 30.7. The fraction of sp³-hybridized carbons (Fsp3) is 0. The van der Waals surface area contributed by atoms with Gasteiger partial charge in [-0.25, -0.2) is 9.97 Å². The molecule has 0 aliphatic carbocycles. The van der Waals surface area contributed by atoms with Gasteiger partial charge in [-0.3, -0.25) is 4.98 Å². The summed E-state index contributed by atoms with van der Waals surface area (Å²) >= 11 is 0. The molecule has 2 heterocycles. The fourth-order valence-electron chi connectivity index (χ4n) is 8.06. The second-order valence-electron chi connectivity index (χ2n) is 14.1. The SMILES string of the molecule is C=Cc1c(-c2cc(-c3ccc(-c4cc5ccccc5c5ccccc45)cc3)nc(-c3ccc(-c4cnc5ccccc5c4)cc3)n2)cc2ccccc2c1C=C. The number of rotatable bonds is 7. The van der Waals surface area contributed by atoms with Crippen molar-refractivity contribution >= 4 is 55.4 Å². The molecule has 0 saturated carbocycles. The van der Waals surface area contributed by atoms with Crippen LogP contribution in [0.5, 0.6) is 0 Å². The largest absolute Gasteiger partial charge is 0.256 e. The van der Waals surface area contributed by atoms with Crippen LogP contribution < -0.4 is 0 Å². The van der Waals surface area contributed by atoms with Crippen molar-refractivity contribution < 1.29 is 0 Å². The number of nitrogens with zero attached hydrogens (tertiary/aromatic N) is 3. The van der Waals surface area contributed by atoms with Crippen molar-refractivity contribution in [2.45, 2.75) is 0 Å². The normalized spacial score (nSPS) is 11.4. The van der Waals surface area contributed by atoms with Crippen LogP contribution in [0.4, 0.5) is 0 Å². The van der Waals surface area contributed by atoms with E-state index in [1.54, 1.807) is 0 Å². The van der Waals surface area contributed by atoms with E-state index < -0.39 is 0 Å². The molecule has 0 atom stereocenters. The van der Waals surface area contributed by atoms with E-state index in [2.05, 4.69) is 165 Å². The number of aromatic nitrogens is 3. The lowest BCUT2D eigenvalue weighted by molar-refractivity contribution is 1.18. The number of fused-ring (bicyclic) bond motifs is 5. The van der Waals surface area contributed by atoms with Gasteiger partial charge in [0.15, 0.2) is 5.82 Å². The maximum Gasteiger partial charge on any atom is 0.160 e. The first-order chi connectivity index (χ1) is 27.6. The van der Waals surface area contributed by atoms with Crippen molar-refractivity contribution in [2.24, 2.45) is 0 Å². The molecule has 0 unspecified atom stereocenters. The number of benzene rings is 8. The van der Waals surface area contributed by atoms with Crippen molar-refractivity contribution in [1.29, 1.82) is 0 Å². The highest BCUT2D eigenvalue weighted by atomic mass is 14.9. The van der Waals surface area contributed by atoms with Crippen LogP contribution in [0.1, 0.15) is 11.1 Å². The first-order valence-electron chi connectivity index (χ1n) is 18.8. The van der Waals surface area contributed by atoms with Gasteiger partial charge in [0.05, 0.1) is 16.9 Å². The first-order valence-corrected chi connectivity index (χ1v) is 18.8. The second-order valence-corrected chi connectivity index (χ2v) is 14.1. The zero-order valence-electron chi connectivity index (χ0n) is 30.7. The molecule has 3 heteroatoms. The summed E-state index contributed by atoms with van der Waals surface area (Å²) in [6.45, 7) is 8.42. The van der Waals surface area contributed by atoms with Crippen LogP contribution in [0.3, 0.4) is 0 Å². The highest BCUT2D eigenvalue weighted by molar-refractivity contribution is 6.13. The molecule has 0 amide bonds. The third-order valence-electron chi connectivity index (χ3n) is 10.9. The maximum absolute atomic E-state index is 5.26. The van der Waals surface area contributed by atoms with Crippen LogP contribution in [-0.2, 0) is 0 Å². The number of para-hydroxylation sites is 1. The van der Waals surface area contributed by atoms with E-state index in [1.165, 1.54) is 27.1 Å². The lowest BCUT2D eigenvalue weighted by Crippen LogP contribution is -1.98. The molecule has 0 fully saturated rings. The van der Waals surface area contributed by atoms with Crippen LogP contribution in [0.15, 0.2) is 189 Å². The Morgan fingerprint density at radius 3 is 1.68 bits per heavy atom. The van der Waals surface area contributed by atoms with Gasteiger partial charge in [-0.1, -0.05) is 165 Å². The molecule has 8 aromatic carbocycles. The van der Waals surface area contributed by atoms with E-state index in [-0.39, 0.29) is 0 Å². The van der Waals surface area contributed by atoms with Crippen molar-refractivity contribution in [3.05, 3.63) is 200 Å². The van der Waals surface area contributed by atoms with Crippen LogP contribution in [0.2, 0.25) is 0 Å². The summed E-state index contributed by atoms with van der Waals surface area (Å²) < 4.78 is 0. The Morgan fingerprint density at radius 2 is 0.929 bits per heavy atom. The molecule has 0 radical (unpaired) electrons. The molecule has 0 saturated heterocycles. The number of pyridine rings is 1. The summed E-state index contributed by atoms with van der Waals surface area (Å²) in [6.07, 6.45) is 5.77. The lowest BCUT2D eigenvalue weighted by Gasteiger charge is -2.16. The summed E-state index contributed by atoms with van der Waals surface area (Å²) in [7, 11) is 0. The molecule has 0 aliphatic rings. The Bertz CT molecular complexity index is 3160. The van der Waals surface area contributed by atoms with Gasteiger partial charge < -0.3 is 0 Å². The maximum atomic E-state index is 5.26. The van der Waals surface area contributed by atoms with Gasteiger partial charge in [0.25, 0.3) is 0 Å². The monoisotopic (exact) mass is 713 g/mol. The van der Waals surface area contributed by atoms with Gasteiger partial charge >= 0.3 is 0 Å².